The predicted octanol–water partition coefficient (Wildman–Crippen LogP) is 7.80. The van der Waals surface area contributed by atoms with E-state index in [1.165, 1.54) is 20.7 Å². The third-order valence-corrected chi connectivity index (χ3v) is 19.8. The van der Waals surface area contributed by atoms with Gasteiger partial charge in [0, 0.05) is 12.0 Å². The van der Waals surface area contributed by atoms with Crippen molar-refractivity contribution in [1.82, 2.24) is 0 Å². The molecule has 0 atom stereocenters. The van der Waals surface area contributed by atoms with Gasteiger partial charge in [-0.3, -0.25) is 0 Å². The molecule has 49 heavy (non-hydrogen) atoms. The summed E-state index contributed by atoms with van der Waals surface area (Å²) in [5, 5.41) is 4.31. The van der Waals surface area contributed by atoms with E-state index in [4.69, 9.17) is 13.6 Å². The topological polar surface area (TPSA) is 44.8 Å². The molecule has 0 N–H and O–H groups in total. The Bertz CT molecular complexity index is 1510. The molecule has 0 radical (unpaired) electrons. The summed E-state index contributed by atoms with van der Waals surface area (Å²) in [6, 6.07) is 42.6. The first kappa shape index (κ1) is 36.7. The summed E-state index contributed by atoms with van der Waals surface area (Å²) in [4.78, 5) is 13.7. The number of benzene rings is 4. The van der Waals surface area contributed by atoms with E-state index in [1.54, 1.807) is 0 Å². The Labute approximate surface area is 296 Å². The molecule has 1 fully saturated rings. The molecule has 0 aromatic heterocycles. The van der Waals surface area contributed by atoms with Crippen molar-refractivity contribution < 1.29 is 18.4 Å². The minimum atomic E-state index is -2.94. The van der Waals surface area contributed by atoms with E-state index in [1.807, 2.05) is 0 Å². The molecule has 4 aromatic carbocycles. The number of ether oxygens (including phenoxy) is 1. The summed E-state index contributed by atoms with van der Waals surface area (Å²) in [5.41, 5.74) is -0.286. The second kappa shape index (κ2) is 14.7. The summed E-state index contributed by atoms with van der Waals surface area (Å²) >= 11 is 0. The number of carbonyl (C=O) groups excluding carboxylic acids is 1. The van der Waals surface area contributed by atoms with Crippen LogP contribution in [0.25, 0.3) is 0 Å². The van der Waals surface area contributed by atoms with Crippen LogP contribution >= 0.6 is 0 Å². The zero-order chi connectivity index (χ0) is 35.3. The number of hydrogen-bond donors (Lipinski definition) is 0. The highest BCUT2D eigenvalue weighted by atomic mass is 28.4. The second-order valence-corrected chi connectivity index (χ2v) is 24.6. The molecule has 4 nitrogen and oxygen atoms in total. The van der Waals surface area contributed by atoms with E-state index in [2.05, 4.69) is 183 Å². The fourth-order valence-corrected chi connectivity index (χ4v) is 16.7. The SMILES string of the molecule is CC(C)C/C=C1/CC(CO[Si](c2ccccc2)(c2ccccc2)C(C)(C)C)(CO[Si](c2ccccc2)(c2ccccc2)C(C)(C)C)OC1=O. The van der Waals surface area contributed by atoms with Gasteiger partial charge in [0.25, 0.3) is 16.6 Å². The van der Waals surface area contributed by atoms with Crippen LogP contribution in [0.4, 0.5) is 0 Å². The molecular formula is C43H54O4Si2. The van der Waals surface area contributed by atoms with Gasteiger partial charge in [0.05, 0.1) is 13.2 Å². The summed E-state index contributed by atoms with van der Waals surface area (Å²) in [5.74, 6) is 0.162. The first-order valence-electron chi connectivity index (χ1n) is 17.7. The Hall–Kier alpha value is -3.56. The molecule has 0 unspecified atom stereocenters. The number of cyclic esters (lactones) is 1. The molecule has 1 aliphatic rings. The summed E-state index contributed by atoms with van der Waals surface area (Å²) in [6.07, 6.45) is 3.32. The van der Waals surface area contributed by atoms with Crippen LogP contribution in [0.2, 0.25) is 10.1 Å². The standard InChI is InChI=1S/C43H54O4Si2/c1-34(2)29-30-35-31-43(47-40(35)44,32-45-48(41(3,4)5,36-21-13-9-14-22-36)37-23-15-10-16-24-37)33-46-49(42(6,7)8,38-25-17-11-18-26-38)39-27-19-12-20-28-39/h9-28,30,34H,29,31-33H2,1-8H3/b35-30-. The zero-order valence-corrected chi connectivity index (χ0v) is 32.7. The van der Waals surface area contributed by atoms with Gasteiger partial charge in [-0.25, -0.2) is 4.79 Å². The number of allylic oxidation sites excluding steroid dienone is 1. The molecule has 6 heteroatoms. The predicted molar refractivity (Wildman–Crippen MR) is 208 cm³/mol. The summed E-state index contributed by atoms with van der Waals surface area (Å²) in [7, 11) is -5.88. The van der Waals surface area contributed by atoms with Crippen molar-refractivity contribution >= 4 is 43.4 Å². The van der Waals surface area contributed by atoms with Gasteiger partial charge < -0.3 is 13.6 Å². The minimum Gasteiger partial charge on any atom is -0.451 e. The number of rotatable bonds is 12. The van der Waals surface area contributed by atoms with E-state index >= 15 is 0 Å². The van der Waals surface area contributed by atoms with Crippen LogP contribution < -0.4 is 20.7 Å². The molecule has 0 bridgehead atoms. The molecule has 1 saturated heterocycles. The van der Waals surface area contributed by atoms with Gasteiger partial charge in [-0.05, 0) is 43.2 Å². The quantitative estimate of drug-likeness (QED) is 0.0865. The van der Waals surface area contributed by atoms with Crippen molar-refractivity contribution in [2.75, 3.05) is 13.2 Å². The average Bonchev–Trinajstić information content (AvgIpc) is 3.40. The molecule has 0 aliphatic carbocycles. The third-order valence-electron chi connectivity index (χ3n) is 9.86. The first-order chi connectivity index (χ1) is 23.2. The number of esters is 1. The molecule has 4 aromatic rings. The third kappa shape index (κ3) is 7.48. The Morgan fingerprint density at radius 3 is 1.24 bits per heavy atom. The molecule has 0 spiro atoms. The fourth-order valence-electron chi connectivity index (χ4n) is 7.46. The van der Waals surface area contributed by atoms with Crippen molar-refractivity contribution in [3.05, 3.63) is 133 Å². The number of carbonyl (C=O) groups is 1. The van der Waals surface area contributed by atoms with E-state index in [9.17, 15) is 4.79 Å². The van der Waals surface area contributed by atoms with Crippen LogP contribution in [0.3, 0.4) is 0 Å². The largest absolute Gasteiger partial charge is 0.451 e. The molecule has 1 heterocycles. The van der Waals surface area contributed by atoms with Crippen LogP contribution in [-0.2, 0) is 18.4 Å². The van der Waals surface area contributed by atoms with Crippen molar-refractivity contribution in [2.45, 2.75) is 83.9 Å². The van der Waals surface area contributed by atoms with Gasteiger partial charge in [0.1, 0.15) is 0 Å². The molecule has 0 amide bonds. The fraction of sp³-hybridized carbons (Fsp3) is 0.372. The molecule has 5 rings (SSSR count). The molecular weight excluding hydrogens is 637 g/mol. The highest BCUT2D eigenvalue weighted by Gasteiger charge is 2.56. The highest BCUT2D eigenvalue weighted by molar-refractivity contribution is 7.00. The highest BCUT2D eigenvalue weighted by Crippen LogP contribution is 2.42. The van der Waals surface area contributed by atoms with Gasteiger partial charge in [0.2, 0.25) is 0 Å². The van der Waals surface area contributed by atoms with Crippen LogP contribution in [0, 0.1) is 5.92 Å². The van der Waals surface area contributed by atoms with E-state index in [0.29, 0.717) is 17.9 Å². The lowest BCUT2D eigenvalue weighted by Crippen LogP contribution is -2.69. The van der Waals surface area contributed by atoms with Gasteiger partial charge >= 0.3 is 5.97 Å². The van der Waals surface area contributed by atoms with Crippen LogP contribution in [-0.4, -0.2) is 41.4 Å². The van der Waals surface area contributed by atoms with Crippen molar-refractivity contribution in [2.24, 2.45) is 5.92 Å². The van der Waals surface area contributed by atoms with Crippen molar-refractivity contribution in [3.8, 4) is 0 Å². The summed E-state index contributed by atoms with van der Waals surface area (Å²) in [6.45, 7) is 18.5. The summed E-state index contributed by atoms with van der Waals surface area (Å²) < 4.78 is 21.6. The Morgan fingerprint density at radius 1 is 0.633 bits per heavy atom. The molecule has 0 saturated carbocycles. The molecule has 1 aliphatic heterocycles. The van der Waals surface area contributed by atoms with Crippen molar-refractivity contribution in [1.29, 1.82) is 0 Å². The smallest absolute Gasteiger partial charge is 0.334 e. The van der Waals surface area contributed by atoms with E-state index < -0.39 is 22.2 Å². The van der Waals surface area contributed by atoms with E-state index in [-0.39, 0.29) is 29.3 Å². The van der Waals surface area contributed by atoms with Gasteiger partial charge in [-0.2, -0.15) is 0 Å². The molecule has 258 valence electrons. The lowest BCUT2D eigenvalue weighted by molar-refractivity contribution is -0.152. The van der Waals surface area contributed by atoms with Crippen molar-refractivity contribution in [3.63, 3.8) is 0 Å². The lowest BCUT2D eigenvalue weighted by atomic mass is 9.98. The maximum Gasteiger partial charge on any atom is 0.334 e. The maximum absolute atomic E-state index is 13.7. The first-order valence-corrected chi connectivity index (χ1v) is 21.5. The average molecular weight is 691 g/mol. The Balaban J connectivity index is 1.64. The van der Waals surface area contributed by atoms with E-state index in [0.717, 1.165) is 6.42 Å². The maximum atomic E-state index is 13.7. The zero-order valence-electron chi connectivity index (χ0n) is 30.7. The Morgan fingerprint density at radius 2 is 0.959 bits per heavy atom. The lowest BCUT2D eigenvalue weighted by Gasteiger charge is -2.46. The second-order valence-electron chi connectivity index (χ2n) is 16.0. The Kier molecular flexibility index (Phi) is 11.0. The van der Waals surface area contributed by atoms with Gasteiger partial charge in [0.15, 0.2) is 5.60 Å². The number of hydrogen-bond acceptors (Lipinski definition) is 4. The van der Waals surface area contributed by atoms with Gasteiger partial charge in [-0.15, -0.1) is 0 Å². The van der Waals surface area contributed by atoms with Crippen LogP contribution in [0.5, 0.6) is 0 Å². The monoisotopic (exact) mass is 690 g/mol. The normalized spacial score (nSPS) is 16.3. The minimum absolute atomic E-state index is 0.225. The van der Waals surface area contributed by atoms with Gasteiger partial charge in [-0.1, -0.05) is 183 Å². The van der Waals surface area contributed by atoms with Crippen LogP contribution in [0.1, 0.15) is 68.2 Å². The van der Waals surface area contributed by atoms with Crippen LogP contribution in [0.15, 0.2) is 133 Å².